The summed E-state index contributed by atoms with van der Waals surface area (Å²) >= 11 is 7.95. The van der Waals surface area contributed by atoms with Crippen molar-refractivity contribution < 1.29 is 14.3 Å². The highest BCUT2D eigenvalue weighted by Crippen LogP contribution is 2.60. The number of hydrogen-bond acceptors (Lipinski definition) is 4. The van der Waals surface area contributed by atoms with E-state index in [9.17, 15) is 9.59 Å². The molecule has 3 aromatic rings. The van der Waals surface area contributed by atoms with Crippen LogP contribution in [0.4, 0.5) is 5.69 Å². The van der Waals surface area contributed by atoms with Crippen LogP contribution in [0.25, 0.3) is 0 Å². The minimum absolute atomic E-state index is 0.125. The maximum Gasteiger partial charge on any atom is 0.268 e. The summed E-state index contributed by atoms with van der Waals surface area (Å²) in [5.41, 5.74) is 3.04. The summed E-state index contributed by atoms with van der Waals surface area (Å²) in [6, 6.07) is 22.4. The Balaban J connectivity index is 1.65. The Bertz CT molecular complexity index is 1280. The molecule has 2 amide bonds. The molecule has 0 aromatic heterocycles. The van der Waals surface area contributed by atoms with Crippen molar-refractivity contribution in [2.45, 2.75) is 30.0 Å². The van der Waals surface area contributed by atoms with Gasteiger partial charge in [0.1, 0.15) is 5.75 Å². The standard InChI is InChI=1S/C27H25ClN2O3S/c1-26(2)17-30(24(31)19-10-7-11-21(14-19)33-3)27(34-26)22-15-20(28)12-13-23(22)29(25(27)32)16-18-8-5-4-6-9-18/h4-15H,16-17H2,1-3H3. The fraction of sp³-hybridized carbons (Fsp3) is 0.259. The van der Waals surface area contributed by atoms with Crippen molar-refractivity contribution in [3.05, 3.63) is 94.5 Å². The van der Waals surface area contributed by atoms with Crippen molar-refractivity contribution in [3.63, 3.8) is 0 Å². The zero-order chi connectivity index (χ0) is 24.1. The van der Waals surface area contributed by atoms with Crippen molar-refractivity contribution in [2.24, 2.45) is 0 Å². The number of rotatable bonds is 4. The molecule has 0 bridgehead atoms. The van der Waals surface area contributed by atoms with Gasteiger partial charge in [-0.2, -0.15) is 0 Å². The van der Waals surface area contributed by atoms with Crippen molar-refractivity contribution in [3.8, 4) is 5.75 Å². The van der Waals surface area contributed by atoms with Gasteiger partial charge in [0, 0.05) is 27.4 Å². The highest BCUT2D eigenvalue weighted by molar-refractivity contribution is 8.02. The zero-order valence-electron chi connectivity index (χ0n) is 19.2. The van der Waals surface area contributed by atoms with Gasteiger partial charge in [-0.3, -0.25) is 9.59 Å². The molecule has 2 aliphatic rings. The third-order valence-corrected chi connectivity index (χ3v) is 8.06. The maximum atomic E-state index is 14.3. The molecule has 2 heterocycles. The van der Waals surface area contributed by atoms with Crippen molar-refractivity contribution in [1.82, 2.24) is 4.90 Å². The molecule has 2 aliphatic heterocycles. The number of benzene rings is 3. The molecule has 1 unspecified atom stereocenters. The minimum Gasteiger partial charge on any atom is -0.497 e. The summed E-state index contributed by atoms with van der Waals surface area (Å²) in [4.78, 5) is 30.5. The topological polar surface area (TPSA) is 49.9 Å². The SMILES string of the molecule is COc1cccc(C(=O)N2CC(C)(C)SC23C(=O)N(Cc2ccccc2)c2ccc(Cl)cc23)c1. The molecule has 1 fully saturated rings. The molecule has 3 aromatic carbocycles. The van der Waals surface area contributed by atoms with Crippen molar-refractivity contribution in [2.75, 3.05) is 18.6 Å². The van der Waals surface area contributed by atoms with E-state index in [1.54, 1.807) is 47.2 Å². The highest BCUT2D eigenvalue weighted by Gasteiger charge is 2.63. The van der Waals surface area contributed by atoms with Gasteiger partial charge in [0.05, 0.1) is 19.3 Å². The smallest absolute Gasteiger partial charge is 0.268 e. The predicted molar refractivity (Wildman–Crippen MR) is 136 cm³/mol. The molecule has 0 aliphatic carbocycles. The van der Waals surface area contributed by atoms with E-state index in [4.69, 9.17) is 16.3 Å². The van der Waals surface area contributed by atoms with Crippen molar-refractivity contribution >= 4 is 40.9 Å². The van der Waals surface area contributed by atoms with Gasteiger partial charge in [-0.05, 0) is 55.8 Å². The largest absolute Gasteiger partial charge is 0.497 e. The average Bonchev–Trinajstić information content (AvgIpc) is 3.25. The fourth-order valence-corrected chi connectivity index (χ4v) is 6.71. The molecule has 174 valence electrons. The monoisotopic (exact) mass is 492 g/mol. The summed E-state index contributed by atoms with van der Waals surface area (Å²) in [6.45, 7) is 4.97. The molecule has 5 rings (SSSR count). The van der Waals surface area contributed by atoms with E-state index < -0.39 is 4.87 Å². The molecule has 0 radical (unpaired) electrons. The van der Waals surface area contributed by atoms with Crippen LogP contribution in [-0.4, -0.2) is 35.1 Å². The van der Waals surface area contributed by atoms with Crippen LogP contribution in [0.1, 0.15) is 35.3 Å². The van der Waals surface area contributed by atoms with Crippen molar-refractivity contribution in [1.29, 1.82) is 0 Å². The molecule has 1 spiro atoms. The van der Waals surface area contributed by atoms with Crippen LogP contribution in [0, 0.1) is 0 Å². The Labute approximate surface area is 208 Å². The summed E-state index contributed by atoms with van der Waals surface area (Å²) in [7, 11) is 1.57. The van der Waals surface area contributed by atoms with E-state index in [1.165, 1.54) is 11.8 Å². The Morgan fingerprint density at radius 3 is 2.56 bits per heavy atom. The second-order valence-corrected chi connectivity index (χ2v) is 11.5. The number of nitrogens with zero attached hydrogens (tertiary/aromatic N) is 2. The summed E-state index contributed by atoms with van der Waals surface area (Å²) < 4.78 is 4.99. The van der Waals surface area contributed by atoms with Gasteiger partial charge >= 0.3 is 0 Å². The molecule has 1 saturated heterocycles. The number of carbonyl (C=O) groups excluding carboxylic acids is 2. The van der Waals surface area contributed by atoms with E-state index in [0.29, 0.717) is 29.4 Å². The van der Waals surface area contributed by atoms with Gasteiger partial charge in [-0.1, -0.05) is 48.0 Å². The number of methoxy groups -OCH3 is 1. The Hall–Kier alpha value is -2.96. The highest BCUT2D eigenvalue weighted by atomic mass is 35.5. The third kappa shape index (κ3) is 3.65. The molecule has 0 saturated carbocycles. The normalized spacial score (nSPS) is 20.6. The van der Waals surface area contributed by atoms with Crippen LogP contribution in [0.3, 0.4) is 0 Å². The summed E-state index contributed by atoms with van der Waals surface area (Å²) in [5, 5.41) is 0.534. The van der Waals surface area contributed by atoms with Crippen LogP contribution in [0.2, 0.25) is 5.02 Å². The number of halogens is 1. The molecule has 5 nitrogen and oxygen atoms in total. The number of fused-ring (bicyclic) bond motifs is 2. The van der Waals surface area contributed by atoms with E-state index in [-0.39, 0.29) is 16.6 Å². The van der Waals surface area contributed by atoms with Crippen LogP contribution in [0.15, 0.2) is 72.8 Å². The van der Waals surface area contributed by atoms with Gasteiger partial charge in [-0.25, -0.2) is 0 Å². The van der Waals surface area contributed by atoms with Gasteiger partial charge in [0.2, 0.25) is 0 Å². The number of amides is 2. The third-order valence-electron chi connectivity index (χ3n) is 6.24. The van der Waals surface area contributed by atoms with Gasteiger partial charge < -0.3 is 14.5 Å². The number of hydrogen-bond donors (Lipinski definition) is 0. The lowest BCUT2D eigenvalue weighted by Gasteiger charge is -2.33. The Morgan fingerprint density at radius 1 is 1.06 bits per heavy atom. The van der Waals surface area contributed by atoms with Gasteiger partial charge in [-0.15, -0.1) is 11.8 Å². The summed E-state index contributed by atoms with van der Waals surface area (Å²) in [5.74, 6) is 0.260. The molecule has 0 N–H and O–H groups in total. The fourth-order valence-electron chi connectivity index (χ4n) is 4.81. The van der Waals surface area contributed by atoms with Gasteiger partial charge in [0.15, 0.2) is 4.87 Å². The van der Waals surface area contributed by atoms with E-state index in [0.717, 1.165) is 16.8 Å². The lowest BCUT2D eigenvalue weighted by Crippen LogP contribution is -2.50. The molecule has 1 atom stereocenters. The number of anilines is 1. The first-order chi connectivity index (χ1) is 16.2. The maximum absolute atomic E-state index is 14.3. The first-order valence-electron chi connectivity index (χ1n) is 11.1. The number of thioether (sulfide) groups is 1. The average molecular weight is 493 g/mol. The lowest BCUT2D eigenvalue weighted by atomic mass is 10.0. The van der Waals surface area contributed by atoms with E-state index in [1.807, 2.05) is 42.5 Å². The van der Waals surface area contributed by atoms with E-state index >= 15 is 0 Å². The molecular formula is C27H25ClN2O3S. The first-order valence-corrected chi connectivity index (χ1v) is 12.3. The van der Waals surface area contributed by atoms with E-state index in [2.05, 4.69) is 13.8 Å². The molecule has 7 heteroatoms. The second kappa shape index (κ2) is 8.36. The molecular weight excluding hydrogens is 468 g/mol. The Morgan fingerprint density at radius 2 is 1.82 bits per heavy atom. The van der Waals surface area contributed by atoms with Crippen LogP contribution >= 0.6 is 23.4 Å². The lowest BCUT2D eigenvalue weighted by molar-refractivity contribution is -0.123. The molecule has 34 heavy (non-hydrogen) atoms. The first kappa shape index (κ1) is 22.8. The minimum atomic E-state index is -1.20. The number of carbonyl (C=O) groups is 2. The van der Waals surface area contributed by atoms with Crippen LogP contribution < -0.4 is 9.64 Å². The Kier molecular flexibility index (Phi) is 5.61. The second-order valence-electron chi connectivity index (χ2n) is 9.17. The summed E-state index contributed by atoms with van der Waals surface area (Å²) in [6.07, 6.45) is 0. The van der Waals surface area contributed by atoms with Crippen LogP contribution in [0.5, 0.6) is 5.75 Å². The number of ether oxygens (including phenoxy) is 1. The quantitative estimate of drug-likeness (QED) is 0.467. The van der Waals surface area contributed by atoms with Crippen LogP contribution in [-0.2, 0) is 16.2 Å². The van der Waals surface area contributed by atoms with Gasteiger partial charge in [0.25, 0.3) is 11.8 Å². The zero-order valence-corrected chi connectivity index (χ0v) is 20.8. The predicted octanol–water partition coefficient (Wildman–Crippen LogP) is 5.72.